The molecule has 1 aliphatic carbocycles. The molecule has 0 saturated heterocycles. The molecule has 4 heteroatoms. The molecule has 0 unspecified atom stereocenters. The van der Waals surface area contributed by atoms with Crippen LogP contribution in [0.2, 0.25) is 0 Å². The Morgan fingerprint density at radius 3 is 2.65 bits per heavy atom. The van der Waals surface area contributed by atoms with Gasteiger partial charge in [0.05, 0.1) is 5.69 Å². The minimum Gasteiger partial charge on any atom is -0.397 e. The highest BCUT2D eigenvalue weighted by Gasteiger charge is 2.26. The van der Waals surface area contributed by atoms with Gasteiger partial charge in [-0.3, -0.25) is 4.79 Å². The van der Waals surface area contributed by atoms with E-state index in [4.69, 9.17) is 5.73 Å². The van der Waals surface area contributed by atoms with E-state index in [1.807, 2.05) is 22.7 Å². The number of aryl methyl sites for hydroxylation is 1. The molecule has 0 atom stereocenters. The van der Waals surface area contributed by atoms with Crippen LogP contribution in [-0.4, -0.2) is 28.5 Å². The Hall–Kier alpha value is -1.45. The molecule has 2 N–H and O–H groups in total. The van der Waals surface area contributed by atoms with E-state index < -0.39 is 0 Å². The number of anilines is 1. The van der Waals surface area contributed by atoms with E-state index in [0.29, 0.717) is 11.7 Å². The summed E-state index contributed by atoms with van der Waals surface area (Å²) in [6.07, 6.45) is 7.55. The number of rotatable bonds is 4. The number of carbonyl (C=O) groups excluding carboxylic acids is 1. The number of hydrogen-bond donors (Lipinski definition) is 1. The van der Waals surface area contributed by atoms with Crippen LogP contribution in [0.4, 0.5) is 5.69 Å². The van der Waals surface area contributed by atoms with Gasteiger partial charge in [0.25, 0.3) is 5.91 Å². The zero-order valence-corrected chi connectivity index (χ0v) is 12.9. The van der Waals surface area contributed by atoms with Gasteiger partial charge < -0.3 is 15.2 Å². The van der Waals surface area contributed by atoms with Crippen molar-refractivity contribution in [1.29, 1.82) is 0 Å². The van der Waals surface area contributed by atoms with E-state index >= 15 is 0 Å². The summed E-state index contributed by atoms with van der Waals surface area (Å²) >= 11 is 0. The van der Waals surface area contributed by atoms with Gasteiger partial charge in [-0.1, -0.05) is 13.8 Å². The lowest BCUT2D eigenvalue weighted by Crippen LogP contribution is -2.40. The van der Waals surface area contributed by atoms with Gasteiger partial charge in [-0.2, -0.15) is 0 Å². The van der Waals surface area contributed by atoms with Gasteiger partial charge in [0, 0.05) is 25.8 Å². The van der Waals surface area contributed by atoms with Crippen molar-refractivity contribution in [3.63, 3.8) is 0 Å². The highest BCUT2D eigenvalue weighted by atomic mass is 16.2. The molecule has 2 rings (SSSR count). The van der Waals surface area contributed by atoms with Crippen molar-refractivity contribution in [2.75, 3.05) is 12.8 Å². The Balaban J connectivity index is 2.10. The minimum absolute atomic E-state index is 0.106. The third-order valence-electron chi connectivity index (χ3n) is 4.45. The van der Waals surface area contributed by atoms with Crippen LogP contribution >= 0.6 is 0 Å². The molecule has 0 spiro atoms. The molecule has 1 aromatic rings. The van der Waals surface area contributed by atoms with E-state index in [1.165, 1.54) is 12.8 Å². The molecule has 1 amide bonds. The second-order valence-corrected chi connectivity index (χ2v) is 6.18. The van der Waals surface area contributed by atoms with Gasteiger partial charge in [0.1, 0.15) is 5.69 Å². The summed E-state index contributed by atoms with van der Waals surface area (Å²) in [4.78, 5) is 14.6. The summed E-state index contributed by atoms with van der Waals surface area (Å²) in [5, 5.41) is 0. The Labute approximate surface area is 121 Å². The molecular formula is C16H27N3O. The van der Waals surface area contributed by atoms with Crippen molar-refractivity contribution in [3.05, 3.63) is 18.0 Å². The number of aromatic nitrogens is 1. The maximum atomic E-state index is 12.7. The van der Waals surface area contributed by atoms with E-state index in [9.17, 15) is 4.79 Å². The number of nitrogens with two attached hydrogens (primary N) is 1. The van der Waals surface area contributed by atoms with Crippen LogP contribution in [0.1, 0.15) is 56.4 Å². The van der Waals surface area contributed by atoms with E-state index in [1.54, 1.807) is 6.07 Å². The first kappa shape index (κ1) is 14.9. The molecule has 20 heavy (non-hydrogen) atoms. The molecule has 1 aromatic heterocycles. The number of amides is 1. The predicted molar refractivity (Wildman–Crippen MR) is 82.6 cm³/mol. The molecular weight excluding hydrogens is 250 g/mol. The van der Waals surface area contributed by atoms with E-state index in [0.717, 1.165) is 37.4 Å². The van der Waals surface area contributed by atoms with E-state index in [-0.39, 0.29) is 5.91 Å². The molecule has 0 aromatic carbocycles. The molecule has 1 heterocycles. The van der Waals surface area contributed by atoms with Crippen molar-refractivity contribution >= 4 is 11.6 Å². The SMILES string of the molecule is CCCn1cc(N)cc1C(=O)N(C)C1CCC(C)CC1. The number of hydrogen-bond acceptors (Lipinski definition) is 2. The fourth-order valence-electron chi connectivity index (χ4n) is 3.11. The smallest absolute Gasteiger partial charge is 0.270 e. The molecule has 112 valence electrons. The van der Waals surface area contributed by atoms with Gasteiger partial charge in [-0.25, -0.2) is 0 Å². The molecule has 0 bridgehead atoms. The summed E-state index contributed by atoms with van der Waals surface area (Å²) in [6, 6.07) is 2.19. The van der Waals surface area contributed by atoms with Gasteiger partial charge >= 0.3 is 0 Å². The first-order valence-electron chi connectivity index (χ1n) is 7.75. The first-order valence-corrected chi connectivity index (χ1v) is 7.75. The lowest BCUT2D eigenvalue weighted by atomic mass is 9.86. The normalized spacial score (nSPS) is 22.8. The monoisotopic (exact) mass is 277 g/mol. The molecule has 1 aliphatic rings. The van der Waals surface area contributed by atoms with E-state index in [2.05, 4.69) is 13.8 Å². The van der Waals surface area contributed by atoms with Crippen molar-refractivity contribution in [2.45, 2.75) is 58.5 Å². The van der Waals surface area contributed by atoms with Gasteiger partial charge in [-0.05, 0) is 44.1 Å². The van der Waals surface area contributed by atoms with Gasteiger partial charge in [0.2, 0.25) is 0 Å². The summed E-state index contributed by atoms with van der Waals surface area (Å²) in [7, 11) is 1.93. The molecule has 0 aliphatic heterocycles. The fourth-order valence-corrected chi connectivity index (χ4v) is 3.11. The highest BCUT2D eigenvalue weighted by molar-refractivity contribution is 5.93. The van der Waals surface area contributed by atoms with Crippen molar-refractivity contribution in [1.82, 2.24) is 9.47 Å². The Bertz CT molecular complexity index is 458. The lowest BCUT2D eigenvalue weighted by Gasteiger charge is -2.33. The molecule has 0 radical (unpaired) electrons. The Kier molecular flexibility index (Phi) is 4.73. The van der Waals surface area contributed by atoms with Crippen LogP contribution in [0.15, 0.2) is 12.3 Å². The largest absolute Gasteiger partial charge is 0.397 e. The van der Waals surface area contributed by atoms with Crippen molar-refractivity contribution in [3.8, 4) is 0 Å². The number of nitrogen functional groups attached to an aromatic ring is 1. The lowest BCUT2D eigenvalue weighted by molar-refractivity contribution is 0.0668. The van der Waals surface area contributed by atoms with Crippen LogP contribution in [0.25, 0.3) is 0 Å². The maximum absolute atomic E-state index is 12.7. The Morgan fingerprint density at radius 1 is 1.40 bits per heavy atom. The maximum Gasteiger partial charge on any atom is 0.270 e. The van der Waals surface area contributed by atoms with Crippen LogP contribution in [-0.2, 0) is 6.54 Å². The van der Waals surface area contributed by atoms with Crippen molar-refractivity contribution < 1.29 is 4.79 Å². The second-order valence-electron chi connectivity index (χ2n) is 6.18. The average Bonchev–Trinajstić information content (AvgIpc) is 2.79. The third-order valence-corrected chi connectivity index (χ3v) is 4.45. The fraction of sp³-hybridized carbons (Fsp3) is 0.688. The molecule has 4 nitrogen and oxygen atoms in total. The predicted octanol–water partition coefficient (Wildman–Crippen LogP) is 3.13. The first-order chi connectivity index (χ1) is 9.52. The zero-order chi connectivity index (χ0) is 14.7. The van der Waals surface area contributed by atoms with Crippen LogP contribution in [0.5, 0.6) is 0 Å². The van der Waals surface area contributed by atoms with Gasteiger partial charge in [0.15, 0.2) is 0 Å². The summed E-state index contributed by atoms with van der Waals surface area (Å²) in [6.45, 7) is 5.25. The van der Waals surface area contributed by atoms with Crippen LogP contribution in [0, 0.1) is 5.92 Å². The van der Waals surface area contributed by atoms with Crippen LogP contribution in [0.3, 0.4) is 0 Å². The molecule has 1 saturated carbocycles. The second kappa shape index (κ2) is 6.33. The van der Waals surface area contributed by atoms with Crippen molar-refractivity contribution in [2.24, 2.45) is 5.92 Å². The van der Waals surface area contributed by atoms with Crippen LogP contribution < -0.4 is 5.73 Å². The van der Waals surface area contributed by atoms with Gasteiger partial charge in [-0.15, -0.1) is 0 Å². The quantitative estimate of drug-likeness (QED) is 0.919. The summed E-state index contributed by atoms with van der Waals surface area (Å²) in [5.74, 6) is 0.907. The average molecular weight is 277 g/mol. The zero-order valence-electron chi connectivity index (χ0n) is 12.9. The third kappa shape index (κ3) is 3.17. The standard InChI is InChI=1S/C16H27N3O/c1-4-9-19-11-13(17)10-15(19)16(20)18(3)14-7-5-12(2)6-8-14/h10-12,14H,4-9,17H2,1-3H3. The Morgan fingerprint density at radius 2 is 2.05 bits per heavy atom. The highest BCUT2D eigenvalue weighted by Crippen LogP contribution is 2.27. The number of carbonyl (C=O) groups is 1. The summed E-state index contributed by atoms with van der Waals surface area (Å²) in [5.41, 5.74) is 7.25. The summed E-state index contributed by atoms with van der Waals surface area (Å²) < 4.78 is 1.99. The minimum atomic E-state index is 0.106. The number of nitrogens with zero attached hydrogens (tertiary/aromatic N) is 2. The topological polar surface area (TPSA) is 51.3 Å². The molecule has 1 fully saturated rings.